The van der Waals surface area contributed by atoms with Crippen molar-refractivity contribution in [3.05, 3.63) is 52.0 Å². The summed E-state index contributed by atoms with van der Waals surface area (Å²) < 4.78 is 31.4. The van der Waals surface area contributed by atoms with E-state index in [1.807, 2.05) is 0 Å². The van der Waals surface area contributed by atoms with Gasteiger partial charge in [-0.05, 0) is 24.1 Å². The molecule has 1 saturated heterocycles. The van der Waals surface area contributed by atoms with E-state index in [-0.39, 0.29) is 18.5 Å². The monoisotopic (exact) mass is 381 g/mol. The lowest BCUT2D eigenvalue weighted by molar-refractivity contribution is -0.146. The first-order valence-corrected chi connectivity index (χ1v) is 8.81. The summed E-state index contributed by atoms with van der Waals surface area (Å²) >= 11 is 1.23. The van der Waals surface area contributed by atoms with Crippen molar-refractivity contribution in [1.29, 1.82) is 0 Å². The maximum atomic E-state index is 13.4. The van der Waals surface area contributed by atoms with Gasteiger partial charge in [0.05, 0.1) is 18.8 Å². The van der Waals surface area contributed by atoms with Crippen LogP contribution in [0.3, 0.4) is 0 Å². The van der Waals surface area contributed by atoms with Crippen molar-refractivity contribution in [3.63, 3.8) is 0 Å². The normalized spacial score (nSPS) is 20.1. The number of benzene rings is 1. The summed E-state index contributed by atoms with van der Waals surface area (Å²) in [4.78, 5) is 30.4. The lowest BCUT2D eigenvalue weighted by atomic mass is 10.1. The van der Waals surface area contributed by atoms with Crippen LogP contribution in [0.5, 0.6) is 0 Å². The number of ether oxygens (including phenoxy) is 1. The number of methoxy groups -OCH3 is 1. The molecule has 2 heterocycles. The molecule has 9 heteroatoms. The van der Waals surface area contributed by atoms with Crippen molar-refractivity contribution >= 4 is 23.2 Å². The second-order valence-electron chi connectivity index (χ2n) is 5.99. The van der Waals surface area contributed by atoms with Crippen LogP contribution in [0.1, 0.15) is 21.7 Å². The van der Waals surface area contributed by atoms with Gasteiger partial charge >= 0.3 is 5.97 Å². The van der Waals surface area contributed by atoms with E-state index in [0.29, 0.717) is 23.4 Å². The Morgan fingerprint density at radius 3 is 2.85 bits per heavy atom. The number of nitrogens with one attached hydrogen (secondary N) is 1. The summed E-state index contributed by atoms with van der Waals surface area (Å²) in [6.07, 6.45) is 1.85. The maximum Gasteiger partial charge on any atom is 0.323 e. The van der Waals surface area contributed by atoms with Gasteiger partial charge < -0.3 is 10.1 Å². The number of hydrogen-bond donors (Lipinski definition) is 1. The van der Waals surface area contributed by atoms with Crippen LogP contribution in [0.25, 0.3) is 0 Å². The number of carbonyl (C=O) groups is 2. The number of nitrogens with zero attached hydrogens (tertiary/aromatic N) is 2. The minimum Gasteiger partial charge on any atom is -0.468 e. The molecule has 2 atom stereocenters. The highest BCUT2D eigenvalue weighted by molar-refractivity contribution is 7.11. The van der Waals surface area contributed by atoms with Gasteiger partial charge in [-0.2, -0.15) is 0 Å². The second-order valence-corrected chi connectivity index (χ2v) is 6.87. The van der Waals surface area contributed by atoms with Crippen LogP contribution in [0, 0.1) is 11.6 Å². The van der Waals surface area contributed by atoms with Crippen molar-refractivity contribution in [2.45, 2.75) is 25.0 Å². The minimum absolute atomic E-state index is 0.240. The van der Waals surface area contributed by atoms with E-state index >= 15 is 0 Å². The average molecular weight is 381 g/mol. The van der Waals surface area contributed by atoms with Gasteiger partial charge in [-0.25, -0.2) is 8.78 Å². The van der Waals surface area contributed by atoms with Crippen molar-refractivity contribution in [2.24, 2.45) is 0 Å². The van der Waals surface area contributed by atoms with Gasteiger partial charge in [-0.15, -0.1) is 11.3 Å². The van der Waals surface area contributed by atoms with Crippen molar-refractivity contribution in [2.75, 3.05) is 13.7 Å². The highest BCUT2D eigenvalue weighted by Gasteiger charge is 2.38. The lowest BCUT2D eigenvalue weighted by Gasteiger charge is -2.22. The van der Waals surface area contributed by atoms with Crippen LogP contribution in [-0.2, 0) is 16.1 Å². The SMILES string of the molecule is COC(=O)[C@@H]1C[C@@H](NC(=O)c2cncs2)CN1Cc1ccc(F)c(F)c1. The summed E-state index contributed by atoms with van der Waals surface area (Å²) in [6, 6.07) is 2.79. The molecular formula is C17H17F2N3O3S. The van der Waals surface area contributed by atoms with E-state index < -0.39 is 23.6 Å². The van der Waals surface area contributed by atoms with Crippen LogP contribution in [0.4, 0.5) is 8.78 Å². The average Bonchev–Trinajstić information content (AvgIpc) is 3.28. The second kappa shape index (κ2) is 7.88. The maximum absolute atomic E-state index is 13.4. The Hall–Kier alpha value is -2.39. The lowest BCUT2D eigenvalue weighted by Crippen LogP contribution is -2.37. The van der Waals surface area contributed by atoms with E-state index in [0.717, 1.165) is 12.1 Å². The van der Waals surface area contributed by atoms with Gasteiger partial charge in [0.1, 0.15) is 10.9 Å². The van der Waals surface area contributed by atoms with Gasteiger partial charge in [0.15, 0.2) is 11.6 Å². The molecule has 0 spiro atoms. The molecule has 1 N–H and O–H groups in total. The number of aromatic nitrogens is 1. The molecular weight excluding hydrogens is 364 g/mol. The minimum atomic E-state index is -0.939. The number of rotatable bonds is 5. The third-order valence-corrected chi connectivity index (χ3v) is 5.01. The fourth-order valence-electron chi connectivity index (χ4n) is 3.02. The predicted molar refractivity (Wildman–Crippen MR) is 90.6 cm³/mol. The Labute approximate surface area is 152 Å². The van der Waals surface area contributed by atoms with Crippen molar-refractivity contribution in [1.82, 2.24) is 15.2 Å². The number of thiazole rings is 1. The van der Waals surface area contributed by atoms with E-state index in [1.54, 1.807) is 10.4 Å². The number of hydrogen-bond acceptors (Lipinski definition) is 6. The molecule has 0 saturated carbocycles. The summed E-state index contributed by atoms with van der Waals surface area (Å²) in [5, 5.41) is 2.87. The zero-order valence-electron chi connectivity index (χ0n) is 13.9. The fraction of sp³-hybridized carbons (Fsp3) is 0.353. The number of carbonyl (C=O) groups excluding carboxylic acids is 2. The zero-order valence-corrected chi connectivity index (χ0v) is 14.8. The Kier molecular flexibility index (Phi) is 5.58. The first-order chi connectivity index (χ1) is 12.5. The van der Waals surface area contributed by atoms with Crippen molar-refractivity contribution < 1.29 is 23.1 Å². The molecule has 6 nitrogen and oxygen atoms in total. The Balaban J connectivity index is 1.71. The molecule has 0 bridgehead atoms. The fourth-order valence-corrected chi connectivity index (χ4v) is 3.54. The molecule has 1 amide bonds. The van der Waals surface area contributed by atoms with Gasteiger partial charge in [-0.1, -0.05) is 6.07 Å². The molecule has 138 valence electrons. The van der Waals surface area contributed by atoms with E-state index in [9.17, 15) is 18.4 Å². The molecule has 0 unspecified atom stereocenters. The number of amides is 1. The van der Waals surface area contributed by atoms with Crippen LogP contribution in [0.2, 0.25) is 0 Å². The third-order valence-electron chi connectivity index (χ3n) is 4.24. The summed E-state index contributed by atoms with van der Waals surface area (Å²) in [6.45, 7) is 0.632. The highest BCUT2D eigenvalue weighted by Crippen LogP contribution is 2.23. The Morgan fingerprint density at radius 1 is 1.38 bits per heavy atom. The standard InChI is InChI=1S/C17H17F2N3O3S/c1-25-17(24)14-5-11(21-16(23)15-6-20-9-26-15)8-22(14)7-10-2-3-12(18)13(19)4-10/h2-4,6,9,11,14H,5,7-8H2,1H3,(H,21,23)/t11-,14+/m1/s1. The summed E-state index contributed by atoms with van der Waals surface area (Å²) in [7, 11) is 1.29. The molecule has 0 aliphatic carbocycles. The quantitative estimate of drug-likeness (QED) is 0.802. The molecule has 1 aliphatic heterocycles. The Bertz CT molecular complexity index is 801. The largest absolute Gasteiger partial charge is 0.468 e. The van der Waals surface area contributed by atoms with E-state index in [2.05, 4.69) is 10.3 Å². The Morgan fingerprint density at radius 2 is 2.19 bits per heavy atom. The predicted octanol–water partition coefficient (Wildman–Crippen LogP) is 1.97. The topological polar surface area (TPSA) is 71.5 Å². The summed E-state index contributed by atoms with van der Waals surface area (Å²) in [5.41, 5.74) is 2.10. The number of likely N-dealkylation sites (tertiary alicyclic amines) is 1. The molecule has 2 aromatic rings. The molecule has 1 aromatic heterocycles. The van der Waals surface area contributed by atoms with Crippen molar-refractivity contribution in [3.8, 4) is 0 Å². The molecule has 1 fully saturated rings. The van der Waals surface area contributed by atoms with Gasteiger partial charge in [-0.3, -0.25) is 19.5 Å². The zero-order chi connectivity index (χ0) is 18.7. The van der Waals surface area contributed by atoms with Crippen LogP contribution < -0.4 is 5.32 Å². The first-order valence-electron chi connectivity index (χ1n) is 7.93. The summed E-state index contributed by atoms with van der Waals surface area (Å²) in [5.74, 6) is -2.54. The molecule has 26 heavy (non-hydrogen) atoms. The molecule has 3 rings (SSSR count). The van der Waals surface area contributed by atoms with Crippen LogP contribution >= 0.6 is 11.3 Å². The van der Waals surface area contributed by atoms with E-state index in [4.69, 9.17) is 4.74 Å². The van der Waals surface area contributed by atoms with Crippen LogP contribution in [0.15, 0.2) is 29.9 Å². The van der Waals surface area contributed by atoms with Crippen LogP contribution in [-0.4, -0.2) is 47.5 Å². The first kappa shape index (κ1) is 18.4. The molecule has 1 aromatic carbocycles. The number of halogens is 2. The highest BCUT2D eigenvalue weighted by atomic mass is 32.1. The van der Waals surface area contributed by atoms with Gasteiger partial charge in [0, 0.05) is 19.1 Å². The molecule has 1 aliphatic rings. The van der Waals surface area contributed by atoms with Gasteiger partial charge in [0.25, 0.3) is 5.91 Å². The van der Waals surface area contributed by atoms with E-state index in [1.165, 1.54) is 30.7 Å². The third kappa shape index (κ3) is 4.05. The smallest absolute Gasteiger partial charge is 0.323 e. The molecule has 0 radical (unpaired) electrons. The number of esters is 1. The van der Waals surface area contributed by atoms with Gasteiger partial charge in [0.2, 0.25) is 0 Å².